The van der Waals surface area contributed by atoms with E-state index in [0.29, 0.717) is 18.0 Å². The van der Waals surface area contributed by atoms with Crippen LogP contribution in [0.15, 0.2) is 59.5 Å². The van der Waals surface area contributed by atoms with Gasteiger partial charge in [-0.05, 0) is 36.2 Å². The molecule has 5 heteroatoms. The molecule has 0 amide bonds. The fourth-order valence-electron chi connectivity index (χ4n) is 2.02. The Kier molecular flexibility index (Phi) is 3.93. The van der Waals surface area contributed by atoms with Crippen molar-refractivity contribution < 1.29 is 9.52 Å². The number of hydrogen-bond donors (Lipinski definition) is 2. The van der Waals surface area contributed by atoms with Crippen molar-refractivity contribution in [3.8, 4) is 11.5 Å². The Labute approximate surface area is 122 Å². The highest BCUT2D eigenvalue weighted by atomic mass is 16.3. The van der Waals surface area contributed by atoms with E-state index in [-0.39, 0.29) is 6.61 Å². The summed E-state index contributed by atoms with van der Waals surface area (Å²) in [6, 6.07) is 13.4. The number of aliphatic hydroxyl groups excluding tert-OH is 1. The quantitative estimate of drug-likeness (QED) is 0.752. The van der Waals surface area contributed by atoms with Crippen molar-refractivity contribution in [3.63, 3.8) is 0 Å². The number of hydrogen-bond acceptors (Lipinski definition) is 5. The normalized spacial score (nSPS) is 10.5. The van der Waals surface area contributed by atoms with Gasteiger partial charge in [0, 0.05) is 18.4 Å². The maximum absolute atomic E-state index is 8.90. The summed E-state index contributed by atoms with van der Waals surface area (Å²) in [4.78, 5) is 8.39. The third-order valence-corrected chi connectivity index (χ3v) is 3.07. The SMILES string of the molecule is OCCc1ccc(Nc2cc(-c3ccco3)ncn2)cc1. The lowest BCUT2D eigenvalue weighted by Gasteiger charge is -2.07. The Morgan fingerprint density at radius 3 is 2.67 bits per heavy atom. The fourth-order valence-corrected chi connectivity index (χ4v) is 2.02. The molecule has 0 fully saturated rings. The average Bonchev–Trinajstić information content (AvgIpc) is 3.04. The van der Waals surface area contributed by atoms with Crippen molar-refractivity contribution in [2.45, 2.75) is 6.42 Å². The lowest BCUT2D eigenvalue weighted by Crippen LogP contribution is -1.96. The maximum atomic E-state index is 8.90. The average molecular weight is 281 g/mol. The van der Waals surface area contributed by atoms with Crippen LogP contribution < -0.4 is 5.32 Å². The molecule has 0 radical (unpaired) electrons. The van der Waals surface area contributed by atoms with Crippen molar-refractivity contribution in [2.75, 3.05) is 11.9 Å². The predicted molar refractivity (Wildman–Crippen MR) is 80.2 cm³/mol. The number of rotatable bonds is 5. The molecule has 2 heterocycles. The monoisotopic (exact) mass is 281 g/mol. The standard InChI is InChI=1S/C16H15N3O2/c20-8-7-12-3-5-13(6-4-12)19-16-10-14(17-11-18-16)15-2-1-9-21-15/h1-6,9-11,20H,7-8H2,(H,17,18,19). The van der Waals surface area contributed by atoms with Crippen molar-refractivity contribution in [2.24, 2.45) is 0 Å². The zero-order valence-electron chi connectivity index (χ0n) is 11.4. The van der Waals surface area contributed by atoms with Crippen LogP contribution in [-0.2, 0) is 6.42 Å². The van der Waals surface area contributed by atoms with Crippen LogP contribution in [0.1, 0.15) is 5.56 Å². The van der Waals surface area contributed by atoms with Crippen LogP contribution in [0.3, 0.4) is 0 Å². The van der Waals surface area contributed by atoms with Gasteiger partial charge in [-0.15, -0.1) is 0 Å². The van der Waals surface area contributed by atoms with Crippen molar-refractivity contribution in [1.29, 1.82) is 0 Å². The first-order valence-electron chi connectivity index (χ1n) is 6.68. The molecular formula is C16H15N3O2. The van der Waals surface area contributed by atoms with Crippen LogP contribution in [0, 0.1) is 0 Å². The molecule has 0 aliphatic carbocycles. The van der Waals surface area contributed by atoms with Crippen LogP contribution >= 0.6 is 0 Å². The summed E-state index contributed by atoms with van der Waals surface area (Å²) in [7, 11) is 0. The second-order valence-electron chi connectivity index (χ2n) is 4.56. The highest BCUT2D eigenvalue weighted by Crippen LogP contribution is 2.21. The summed E-state index contributed by atoms with van der Waals surface area (Å²) >= 11 is 0. The molecule has 106 valence electrons. The minimum atomic E-state index is 0.158. The van der Waals surface area contributed by atoms with Gasteiger partial charge in [0.2, 0.25) is 0 Å². The zero-order chi connectivity index (χ0) is 14.5. The molecule has 21 heavy (non-hydrogen) atoms. The summed E-state index contributed by atoms with van der Waals surface area (Å²) in [6.45, 7) is 0.158. The molecule has 0 atom stereocenters. The number of benzene rings is 1. The molecule has 3 aromatic rings. The van der Waals surface area contributed by atoms with Crippen molar-refractivity contribution >= 4 is 11.5 Å². The lowest BCUT2D eigenvalue weighted by atomic mass is 10.1. The molecule has 2 N–H and O–H groups in total. The van der Waals surface area contributed by atoms with Gasteiger partial charge in [0.25, 0.3) is 0 Å². The molecule has 2 aromatic heterocycles. The molecule has 0 unspecified atom stereocenters. The minimum absolute atomic E-state index is 0.158. The first kappa shape index (κ1) is 13.3. The van der Waals surface area contributed by atoms with Crippen molar-refractivity contribution in [3.05, 3.63) is 60.6 Å². The topological polar surface area (TPSA) is 71.2 Å². The van der Waals surface area contributed by atoms with Gasteiger partial charge < -0.3 is 14.8 Å². The number of nitrogens with one attached hydrogen (secondary N) is 1. The Bertz CT molecular complexity index is 694. The summed E-state index contributed by atoms with van der Waals surface area (Å²) < 4.78 is 5.33. The molecule has 0 aliphatic heterocycles. The second kappa shape index (κ2) is 6.19. The van der Waals surface area contributed by atoms with E-state index in [1.54, 1.807) is 6.26 Å². The van der Waals surface area contributed by atoms with Gasteiger partial charge in [0.05, 0.1) is 6.26 Å². The maximum Gasteiger partial charge on any atom is 0.152 e. The predicted octanol–water partition coefficient (Wildman–Crippen LogP) is 3.02. The van der Waals surface area contributed by atoms with Gasteiger partial charge in [-0.2, -0.15) is 0 Å². The minimum Gasteiger partial charge on any atom is -0.463 e. The summed E-state index contributed by atoms with van der Waals surface area (Å²) in [5.41, 5.74) is 2.76. The highest BCUT2D eigenvalue weighted by molar-refractivity contribution is 5.62. The molecule has 0 spiro atoms. The molecular weight excluding hydrogens is 266 g/mol. The lowest BCUT2D eigenvalue weighted by molar-refractivity contribution is 0.299. The van der Waals surface area contributed by atoms with E-state index in [1.807, 2.05) is 42.5 Å². The Hall–Kier alpha value is -2.66. The Morgan fingerprint density at radius 1 is 1.10 bits per heavy atom. The molecule has 0 saturated heterocycles. The molecule has 0 aliphatic rings. The van der Waals surface area contributed by atoms with E-state index < -0.39 is 0 Å². The van der Waals surface area contributed by atoms with E-state index in [0.717, 1.165) is 16.9 Å². The first-order valence-corrected chi connectivity index (χ1v) is 6.68. The smallest absolute Gasteiger partial charge is 0.152 e. The number of aromatic nitrogens is 2. The molecule has 5 nitrogen and oxygen atoms in total. The number of nitrogens with zero attached hydrogens (tertiary/aromatic N) is 2. The molecule has 3 rings (SSSR count). The van der Waals surface area contributed by atoms with Gasteiger partial charge in [-0.1, -0.05) is 12.1 Å². The second-order valence-corrected chi connectivity index (χ2v) is 4.56. The molecule has 0 bridgehead atoms. The van der Waals surface area contributed by atoms with E-state index in [4.69, 9.17) is 9.52 Å². The fraction of sp³-hybridized carbons (Fsp3) is 0.125. The van der Waals surface area contributed by atoms with Gasteiger partial charge in [-0.3, -0.25) is 0 Å². The number of furan rings is 1. The van der Waals surface area contributed by atoms with Crippen LogP contribution in [0.25, 0.3) is 11.5 Å². The Morgan fingerprint density at radius 2 is 1.95 bits per heavy atom. The third kappa shape index (κ3) is 3.27. The van der Waals surface area contributed by atoms with Gasteiger partial charge >= 0.3 is 0 Å². The largest absolute Gasteiger partial charge is 0.463 e. The van der Waals surface area contributed by atoms with Gasteiger partial charge in [-0.25, -0.2) is 9.97 Å². The number of aliphatic hydroxyl groups is 1. The van der Waals surface area contributed by atoms with E-state index in [1.165, 1.54) is 6.33 Å². The van der Waals surface area contributed by atoms with Gasteiger partial charge in [0.1, 0.15) is 17.8 Å². The Balaban J connectivity index is 1.77. The van der Waals surface area contributed by atoms with Gasteiger partial charge in [0.15, 0.2) is 5.76 Å². The van der Waals surface area contributed by atoms with E-state index >= 15 is 0 Å². The third-order valence-electron chi connectivity index (χ3n) is 3.07. The summed E-state index contributed by atoms with van der Waals surface area (Å²) in [5.74, 6) is 1.41. The van der Waals surface area contributed by atoms with Crippen molar-refractivity contribution in [1.82, 2.24) is 9.97 Å². The van der Waals surface area contributed by atoms with Crippen LogP contribution in [0.2, 0.25) is 0 Å². The highest BCUT2D eigenvalue weighted by Gasteiger charge is 2.04. The number of anilines is 2. The summed E-state index contributed by atoms with van der Waals surface area (Å²) in [5, 5.41) is 12.1. The first-order chi connectivity index (χ1) is 10.3. The zero-order valence-corrected chi connectivity index (χ0v) is 11.4. The van der Waals surface area contributed by atoms with Crippen LogP contribution in [0.5, 0.6) is 0 Å². The van der Waals surface area contributed by atoms with E-state index in [9.17, 15) is 0 Å². The molecule has 0 saturated carbocycles. The molecule has 1 aromatic carbocycles. The summed E-state index contributed by atoms with van der Waals surface area (Å²) in [6.07, 6.45) is 3.78. The van der Waals surface area contributed by atoms with Crippen LogP contribution in [0.4, 0.5) is 11.5 Å². The van der Waals surface area contributed by atoms with E-state index in [2.05, 4.69) is 15.3 Å². The van der Waals surface area contributed by atoms with Crippen LogP contribution in [-0.4, -0.2) is 21.7 Å².